The Morgan fingerprint density at radius 3 is 2.33 bits per heavy atom. The number of thioether (sulfide) groups is 1. The Bertz CT molecular complexity index is 1040. The number of Topliss-reactive ketones (excluding diaryl/α,β-unsaturated/α-hetero) is 1. The van der Waals surface area contributed by atoms with Crippen molar-refractivity contribution in [2.24, 2.45) is 0 Å². The number of rotatable bonds is 8. The maximum absolute atomic E-state index is 13.3. The smallest absolute Gasteiger partial charge is 0.199 e. The quantitative estimate of drug-likeness (QED) is 0.214. The van der Waals surface area contributed by atoms with Crippen molar-refractivity contribution in [2.45, 2.75) is 18.7 Å². The summed E-state index contributed by atoms with van der Waals surface area (Å²) < 4.78 is 11.0. The van der Waals surface area contributed by atoms with Gasteiger partial charge in [-0.1, -0.05) is 47.1 Å². The molecular formula is C25H23ClO3S. The number of hydrogen-bond acceptors (Lipinski definition) is 4. The zero-order chi connectivity index (χ0) is 21.5. The number of carbonyl (C=O) groups excluding carboxylic acids is 1. The summed E-state index contributed by atoms with van der Waals surface area (Å²) in [4.78, 5) is 14.9. The third kappa shape index (κ3) is 5.68. The SMILES string of the molecule is CCOc1ccc(/C=C(/Sc2ccc(C)cc2)C(=O)c2ccc(Cl)cc2)cc1OC. The van der Waals surface area contributed by atoms with Gasteiger partial charge in [0.15, 0.2) is 17.3 Å². The molecule has 0 aromatic heterocycles. The van der Waals surface area contributed by atoms with Crippen LogP contribution in [0.5, 0.6) is 11.5 Å². The lowest BCUT2D eigenvalue weighted by atomic mass is 10.1. The van der Waals surface area contributed by atoms with Crippen molar-refractivity contribution in [3.05, 3.63) is 93.3 Å². The number of halogens is 1. The number of carbonyl (C=O) groups is 1. The van der Waals surface area contributed by atoms with Gasteiger partial charge in [-0.3, -0.25) is 4.79 Å². The van der Waals surface area contributed by atoms with Gasteiger partial charge in [0.2, 0.25) is 0 Å². The number of aryl methyl sites for hydroxylation is 1. The van der Waals surface area contributed by atoms with Gasteiger partial charge in [0.1, 0.15) is 0 Å². The molecule has 0 heterocycles. The molecule has 0 saturated carbocycles. The van der Waals surface area contributed by atoms with Crippen molar-refractivity contribution in [1.82, 2.24) is 0 Å². The molecule has 154 valence electrons. The second-order valence-electron chi connectivity index (χ2n) is 6.60. The highest BCUT2D eigenvalue weighted by atomic mass is 35.5. The van der Waals surface area contributed by atoms with Crippen molar-refractivity contribution in [1.29, 1.82) is 0 Å². The molecule has 3 nitrogen and oxygen atoms in total. The molecule has 0 aliphatic rings. The highest BCUT2D eigenvalue weighted by Crippen LogP contribution is 2.34. The van der Waals surface area contributed by atoms with E-state index in [2.05, 4.69) is 0 Å². The largest absolute Gasteiger partial charge is 0.493 e. The zero-order valence-electron chi connectivity index (χ0n) is 17.1. The second kappa shape index (κ2) is 10.4. The van der Waals surface area contributed by atoms with Crippen LogP contribution in [0, 0.1) is 6.92 Å². The molecule has 0 spiro atoms. The van der Waals surface area contributed by atoms with Crippen molar-refractivity contribution in [2.75, 3.05) is 13.7 Å². The predicted octanol–water partition coefficient (Wildman–Crippen LogP) is 7.07. The molecule has 5 heteroatoms. The molecule has 0 radical (unpaired) electrons. The Morgan fingerprint density at radius 2 is 1.70 bits per heavy atom. The van der Waals surface area contributed by atoms with Crippen LogP contribution in [-0.2, 0) is 0 Å². The van der Waals surface area contributed by atoms with E-state index in [1.807, 2.05) is 62.4 Å². The lowest BCUT2D eigenvalue weighted by Gasteiger charge is -2.11. The van der Waals surface area contributed by atoms with Crippen LogP contribution in [0.1, 0.15) is 28.4 Å². The van der Waals surface area contributed by atoms with Crippen molar-refractivity contribution < 1.29 is 14.3 Å². The normalized spacial score (nSPS) is 11.3. The topological polar surface area (TPSA) is 35.5 Å². The third-order valence-corrected chi connectivity index (χ3v) is 5.65. The molecule has 0 aliphatic heterocycles. The molecule has 3 aromatic rings. The molecule has 0 fully saturated rings. The fourth-order valence-electron chi connectivity index (χ4n) is 2.82. The minimum Gasteiger partial charge on any atom is -0.493 e. The summed E-state index contributed by atoms with van der Waals surface area (Å²) in [7, 11) is 1.60. The highest BCUT2D eigenvalue weighted by Gasteiger charge is 2.15. The van der Waals surface area contributed by atoms with Gasteiger partial charge < -0.3 is 9.47 Å². The molecule has 0 aliphatic carbocycles. The lowest BCUT2D eigenvalue weighted by molar-refractivity contribution is 0.104. The van der Waals surface area contributed by atoms with E-state index in [0.29, 0.717) is 33.6 Å². The molecule has 0 amide bonds. The molecule has 0 N–H and O–H groups in total. The first-order chi connectivity index (χ1) is 14.5. The van der Waals surface area contributed by atoms with Gasteiger partial charge in [-0.25, -0.2) is 0 Å². The molecule has 0 bridgehead atoms. The van der Waals surface area contributed by atoms with Crippen LogP contribution >= 0.6 is 23.4 Å². The average molecular weight is 439 g/mol. The van der Waals surface area contributed by atoms with Gasteiger partial charge in [0.05, 0.1) is 18.6 Å². The maximum Gasteiger partial charge on any atom is 0.199 e. The zero-order valence-corrected chi connectivity index (χ0v) is 18.7. The van der Waals surface area contributed by atoms with Gasteiger partial charge in [-0.15, -0.1) is 0 Å². The Balaban J connectivity index is 2.00. The number of benzene rings is 3. The van der Waals surface area contributed by atoms with E-state index in [4.69, 9.17) is 21.1 Å². The monoisotopic (exact) mass is 438 g/mol. The summed E-state index contributed by atoms with van der Waals surface area (Å²) >= 11 is 7.42. The maximum atomic E-state index is 13.3. The van der Waals surface area contributed by atoms with Gasteiger partial charge in [-0.05, 0) is 74.0 Å². The van der Waals surface area contributed by atoms with E-state index in [1.54, 1.807) is 31.4 Å². The van der Waals surface area contributed by atoms with Gasteiger partial charge >= 0.3 is 0 Å². The summed E-state index contributed by atoms with van der Waals surface area (Å²) in [5.74, 6) is 1.24. The van der Waals surface area contributed by atoms with Crippen molar-refractivity contribution in [3.8, 4) is 11.5 Å². The fourth-order valence-corrected chi connectivity index (χ4v) is 3.88. The number of allylic oxidation sites excluding steroid dienone is 1. The first-order valence-corrected chi connectivity index (χ1v) is 10.8. The van der Waals surface area contributed by atoms with Crippen molar-refractivity contribution in [3.63, 3.8) is 0 Å². The minimum atomic E-state index is -0.0647. The predicted molar refractivity (Wildman–Crippen MR) is 125 cm³/mol. The van der Waals surface area contributed by atoms with E-state index < -0.39 is 0 Å². The second-order valence-corrected chi connectivity index (χ2v) is 8.15. The summed E-state index contributed by atoms with van der Waals surface area (Å²) in [6.07, 6.45) is 1.87. The number of hydrogen-bond donors (Lipinski definition) is 0. The van der Waals surface area contributed by atoms with Gasteiger partial charge in [0, 0.05) is 15.5 Å². The minimum absolute atomic E-state index is 0.0647. The first kappa shape index (κ1) is 22.0. The molecule has 30 heavy (non-hydrogen) atoms. The lowest BCUT2D eigenvalue weighted by Crippen LogP contribution is -2.01. The summed E-state index contributed by atoms with van der Waals surface area (Å²) in [6.45, 7) is 4.51. The molecule has 0 atom stereocenters. The highest BCUT2D eigenvalue weighted by molar-refractivity contribution is 8.04. The van der Waals surface area contributed by atoms with E-state index in [0.717, 1.165) is 10.5 Å². The van der Waals surface area contributed by atoms with E-state index >= 15 is 0 Å². The van der Waals surface area contributed by atoms with Crippen LogP contribution in [0.4, 0.5) is 0 Å². The average Bonchev–Trinajstić information content (AvgIpc) is 2.76. The number of methoxy groups -OCH3 is 1. The van der Waals surface area contributed by atoms with E-state index in [1.165, 1.54) is 17.3 Å². The van der Waals surface area contributed by atoms with Crippen LogP contribution in [-0.4, -0.2) is 19.5 Å². The Morgan fingerprint density at radius 1 is 1.00 bits per heavy atom. The Hall–Kier alpha value is -2.69. The number of ether oxygens (including phenoxy) is 2. The number of ketones is 1. The fraction of sp³-hybridized carbons (Fsp3) is 0.160. The van der Waals surface area contributed by atoms with E-state index in [-0.39, 0.29) is 5.78 Å². The standard InChI is InChI=1S/C25H23ClO3S/c1-4-29-22-14-7-18(15-23(22)28-3)16-24(30-21-12-5-17(2)6-13-21)25(27)19-8-10-20(26)11-9-19/h5-16H,4H2,1-3H3/b24-16+. The molecule has 0 saturated heterocycles. The summed E-state index contributed by atoms with van der Waals surface area (Å²) in [5, 5.41) is 0.597. The molecule has 0 unspecified atom stereocenters. The molecule has 3 rings (SSSR count). The van der Waals surface area contributed by atoms with Crippen LogP contribution in [0.15, 0.2) is 76.5 Å². The Labute approximate surface area is 186 Å². The van der Waals surface area contributed by atoms with Crippen LogP contribution in [0.3, 0.4) is 0 Å². The van der Waals surface area contributed by atoms with Crippen LogP contribution in [0.25, 0.3) is 6.08 Å². The van der Waals surface area contributed by atoms with Crippen LogP contribution < -0.4 is 9.47 Å². The molecular weight excluding hydrogens is 416 g/mol. The van der Waals surface area contributed by atoms with Gasteiger partial charge in [0.25, 0.3) is 0 Å². The van der Waals surface area contributed by atoms with E-state index in [9.17, 15) is 4.79 Å². The first-order valence-electron chi connectivity index (χ1n) is 9.57. The molecule has 3 aromatic carbocycles. The summed E-state index contributed by atoms with van der Waals surface area (Å²) in [5.41, 5.74) is 2.61. The Kier molecular flexibility index (Phi) is 7.61. The third-order valence-electron chi connectivity index (χ3n) is 4.36. The summed E-state index contributed by atoms with van der Waals surface area (Å²) in [6, 6.07) is 20.7. The van der Waals surface area contributed by atoms with Crippen molar-refractivity contribution >= 4 is 35.2 Å². The van der Waals surface area contributed by atoms with Crippen LogP contribution in [0.2, 0.25) is 5.02 Å². The van der Waals surface area contributed by atoms with Gasteiger partial charge in [-0.2, -0.15) is 0 Å².